The van der Waals surface area contributed by atoms with E-state index in [1.165, 1.54) is 30.5 Å². The standard InChI is InChI=1S/C35H33F3N6O4/c1-43-13-15-44(16-14-43)12-3-17-47-33-21-29-25(20-32(33)46-2)30(9-11-39-29)48-31-7-5-23(19-27(31)38)41-35(45)34-40-10-8-28(42-34)24-6-4-22(36)18-26(24)37/h4-11,18-21H,3,12-17H2,1-2H3,(H,41,45). The number of rotatable bonds is 11. The van der Waals surface area contributed by atoms with Gasteiger partial charge in [-0.05, 0) is 55.9 Å². The summed E-state index contributed by atoms with van der Waals surface area (Å²) < 4.78 is 60.4. The molecular formula is C35H33F3N6O4. The van der Waals surface area contributed by atoms with Crippen molar-refractivity contribution in [2.24, 2.45) is 0 Å². The minimum absolute atomic E-state index is 0.00196. The first-order chi connectivity index (χ1) is 23.3. The Morgan fingerprint density at radius 3 is 2.44 bits per heavy atom. The van der Waals surface area contributed by atoms with Crippen LogP contribution in [0.3, 0.4) is 0 Å². The molecular weight excluding hydrogens is 625 g/mol. The quantitative estimate of drug-likeness (QED) is 0.167. The Labute approximate surface area is 275 Å². The summed E-state index contributed by atoms with van der Waals surface area (Å²) in [4.78, 5) is 30.1. The molecule has 48 heavy (non-hydrogen) atoms. The van der Waals surface area contributed by atoms with Gasteiger partial charge in [-0.25, -0.2) is 23.1 Å². The van der Waals surface area contributed by atoms with Gasteiger partial charge < -0.3 is 29.3 Å². The van der Waals surface area contributed by atoms with Gasteiger partial charge in [0.15, 0.2) is 23.1 Å². The Hall–Kier alpha value is -5.27. The molecule has 1 aliphatic rings. The summed E-state index contributed by atoms with van der Waals surface area (Å²) in [7, 11) is 3.68. The van der Waals surface area contributed by atoms with Gasteiger partial charge >= 0.3 is 0 Å². The van der Waals surface area contributed by atoms with E-state index in [1.54, 1.807) is 31.5 Å². The van der Waals surface area contributed by atoms with Crippen molar-refractivity contribution in [3.05, 3.63) is 96.3 Å². The number of nitrogens with one attached hydrogen (secondary N) is 1. The maximum absolute atomic E-state index is 15.2. The van der Waals surface area contributed by atoms with Crippen molar-refractivity contribution >= 4 is 22.5 Å². The van der Waals surface area contributed by atoms with E-state index in [0.29, 0.717) is 34.8 Å². The molecule has 13 heteroatoms. The van der Waals surface area contributed by atoms with E-state index >= 15 is 4.39 Å². The van der Waals surface area contributed by atoms with E-state index in [2.05, 4.69) is 37.1 Å². The molecule has 0 spiro atoms. The van der Waals surface area contributed by atoms with Crippen molar-refractivity contribution in [1.29, 1.82) is 0 Å². The first-order valence-corrected chi connectivity index (χ1v) is 15.3. The molecule has 5 aromatic rings. The number of piperazine rings is 1. The van der Waals surface area contributed by atoms with Crippen molar-refractivity contribution in [1.82, 2.24) is 24.8 Å². The summed E-state index contributed by atoms with van der Waals surface area (Å²) in [5, 5.41) is 3.11. The van der Waals surface area contributed by atoms with Gasteiger partial charge in [0.1, 0.15) is 17.4 Å². The second kappa shape index (κ2) is 14.7. The molecule has 1 amide bonds. The topological polar surface area (TPSA) is 102 Å². The number of hydrogen-bond acceptors (Lipinski definition) is 9. The molecule has 3 aromatic carbocycles. The minimum atomic E-state index is -0.834. The molecule has 0 saturated carbocycles. The van der Waals surface area contributed by atoms with Crippen molar-refractivity contribution in [2.45, 2.75) is 6.42 Å². The number of pyridine rings is 1. The Bertz CT molecular complexity index is 1940. The molecule has 0 aliphatic carbocycles. The number of carbonyl (C=O) groups excluding carboxylic acids is 1. The molecule has 0 bridgehead atoms. The van der Waals surface area contributed by atoms with E-state index < -0.39 is 23.4 Å². The lowest BCUT2D eigenvalue weighted by Gasteiger charge is -2.32. The maximum Gasteiger partial charge on any atom is 0.293 e. The predicted octanol–water partition coefficient (Wildman–Crippen LogP) is 6.18. The molecule has 248 valence electrons. The normalized spacial score (nSPS) is 13.8. The van der Waals surface area contributed by atoms with Crippen molar-refractivity contribution < 1.29 is 32.2 Å². The minimum Gasteiger partial charge on any atom is -0.493 e. The lowest BCUT2D eigenvalue weighted by Crippen LogP contribution is -2.44. The molecule has 10 nitrogen and oxygen atoms in total. The van der Waals surface area contributed by atoms with Gasteiger partial charge in [0, 0.05) is 80.0 Å². The smallest absolute Gasteiger partial charge is 0.293 e. The highest BCUT2D eigenvalue weighted by Gasteiger charge is 2.18. The first kappa shape index (κ1) is 32.7. The monoisotopic (exact) mass is 658 g/mol. The lowest BCUT2D eigenvalue weighted by molar-refractivity contribution is 0.101. The van der Waals surface area contributed by atoms with Crippen LogP contribution in [0.5, 0.6) is 23.0 Å². The van der Waals surface area contributed by atoms with Crippen LogP contribution in [0.4, 0.5) is 18.9 Å². The number of benzene rings is 3. The number of methoxy groups -OCH3 is 1. The Morgan fingerprint density at radius 1 is 0.854 bits per heavy atom. The molecule has 6 rings (SSSR count). The van der Waals surface area contributed by atoms with Gasteiger partial charge in [-0.3, -0.25) is 9.78 Å². The molecule has 1 N–H and O–H groups in total. The second-order valence-electron chi connectivity index (χ2n) is 11.3. The van der Waals surface area contributed by atoms with Crippen LogP contribution in [0.15, 0.2) is 73.1 Å². The molecule has 3 heterocycles. The van der Waals surface area contributed by atoms with Gasteiger partial charge in [0.2, 0.25) is 5.82 Å². The molecule has 0 unspecified atom stereocenters. The zero-order valence-corrected chi connectivity index (χ0v) is 26.4. The highest BCUT2D eigenvalue weighted by atomic mass is 19.1. The molecule has 0 radical (unpaired) electrons. The van der Waals surface area contributed by atoms with Crippen LogP contribution in [0.2, 0.25) is 0 Å². The summed E-state index contributed by atoms with van der Waals surface area (Å²) in [6.07, 6.45) is 3.70. The van der Waals surface area contributed by atoms with Gasteiger partial charge in [0.25, 0.3) is 5.91 Å². The number of carbonyl (C=O) groups is 1. The number of halogens is 3. The van der Waals surface area contributed by atoms with E-state index in [0.717, 1.165) is 57.3 Å². The molecule has 2 aromatic heterocycles. The van der Waals surface area contributed by atoms with Crippen molar-refractivity contribution in [3.8, 4) is 34.3 Å². The van der Waals surface area contributed by atoms with Crippen LogP contribution in [0, 0.1) is 17.5 Å². The zero-order valence-electron chi connectivity index (χ0n) is 26.4. The van der Waals surface area contributed by atoms with E-state index in [-0.39, 0.29) is 28.5 Å². The summed E-state index contributed by atoms with van der Waals surface area (Å²) in [5.74, 6) is -2.06. The maximum atomic E-state index is 15.2. The summed E-state index contributed by atoms with van der Waals surface area (Å²) in [5.41, 5.74) is 0.780. The molecule has 1 fully saturated rings. The van der Waals surface area contributed by atoms with Crippen LogP contribution in [0.1, 0.15) is 17.0 Å². The third-order valence-electron chi connectivity index (χ3n) is 7.93. The number of anilines is 1. The van der Waals surface area contributed by atoms with Crippen LogP contribution in [0.25, 0.3) is 22.2 Å². The van der Waals surface area contributed by atoms with Gasteiger partial charge in [-0.15, -0.1) is 0 Å². The van der Waals surface area contributed by atoms with Crippen molar-refractivity contribution in [2.75, 3.05) is 58.8 Å². The van der Waals surface area contributed by atoms with Crippen LogP contribution >= 0.6 is 0 Å². The fraction of sp³-hybridized carbons (Fsp3) is 0.257. The summed E-state index contributed by atoms with van der Waals surface area (Å²) in [6, 6.07) is 13.5. The predicted molar refractivity (Wildman–Crippen MR) is 174 cm³/mol. The number of aromatic nitrogens is 3. The number of nitrogens with zero attached hydrogens (tertiary/aromatic N) is 5. The first-order valence-electron chi connectivity index (χ1n) is 15.3. The van der Waals surface area contributed by atoms with Crippen LogP contribution < -0.4 is 19.5 Å². The van der Waals surface area contributed by atoms with Crippen molar-refractivity contribution in [3.63, 3.8) is 0 Å². The van der Waals surface area contributed by atoms with Gasteiger partial charge in [-0.2, -0.15) is 0 Å². The Kier molecular flexibility index (Phi) is 9.97. The Morgan fingerprint density at radius 2 is 1.67 bits per heavy atom. The number of amides is 1. The SMILES string of the molecule is COc1cc2c(Oc3ccc(NC(=O)c4nccc(-c5ccc(F)cc5F)n4)cc3F)ccnc2cc1OCCCN1CCN(C)CC1. The van der Waals surface area contributed by atoms with E-state index in [9.17, 15) is 13.6 Å². The third-order valence-corrected chi connectivity index (χ3v) is 7.93. The summed E-state index contributed by atoms with van der Waals surface area (Å²) in [6.45, 7) is 5.70. The fourth-order valence-corrected chi connectivity index (χ4v) is 5.31. The molecule has 0 atom stereocenters. The van der Waals surface area contributed by atoms with Gasteiger partial charge in [0.05, 0.1) is 24.9 Å². The number of ether oxygens (including phenoxy) is 3. The fourth-order valence-electron chi connectivity index (χ4n) is 5.31. The lowest BCUT2D eigenvalue weighted by atomic mass is 10.1. The van der Waals surface area contributed by atoms with E-state index in [1.807, 2.05) is 0 Å². The zero-order chi connectivity index (χ0) is 33.6. The van der Waals surface area contributed by atoms with Gasteiger partial charge in [-0.1, -0.05) is 0 Å². The van der Waals surface area contributed by atoms with Crippen LogP contribution in [-0.2, 0) is 0 Å². The molecule has 1 aliphatic heterocycles. The Balaban J connectivity index is 1.12. The number of likely N-dealkylation sites (N-methyl/N-ethyl adjacent to an activating group) is 1. The van der Waals surface area contributed by atoms with Crippen LogP contribution in [-0.4, -0.2) is 84.1 Å². The number of fused-ring (bicyclic) bond motifs is 1. The molecule has 1 saturated heterocycles. The highest BCUT2D eigenvalue weighted by Crippen LogP contribution is 2.38. The average molecular weight is 659 g/mol. The average Bonchev–Trinajstić information content (AvgIpc) is 3.08. The largest absolute Gasteiger partial charge is 0.493 e. The third kappa shape index (κ3) is 7.64. The number of hydrogen-bond donors (Lipinski definition) is 1. The highest BCUT2D eigenvalue weighted by molar-refractivity contribution is 6.01. The summed E-state index contributed by atoms with van der Waals surface area (Å²) >= 11 is 0. The second-order valence-corrected chi connectivity index (χ2v) is 11.3. The van der Waals surface area contributed by atoms with E-state index in [4.69, 9.17) is 14.2 Å².